The molecule has 0 aliphatic heterocycles. The molecule has 0 aliphatic rings. The SMILES string of the molecule is CNC(CSCCC(C)C)c1ccccc1OC. The molecule has 1 unspecified atom stereocenters. The van der Waals surface area contributed by atoms with Crippen molar-refractivity contribution in [2.75, 3.05) is 25.7 Å². The molecule has 18 heavy (non-hydrogen) atoms. The van der Waals surface area contributed by atoms with Gasteiger partial charge in [-0.1, -0.05) is 32.0 Å². The van der Waals surface area contributed by atoms with E-state index in [4.69, 9.17) is 4.74 Å². The first-order valence-corrected chi connectivity index (χ1v) is 7.72. The van der Waals surface area contributed by atoms with Crippen LogP contribution in [0.3, 0.4) is 0 Å². The Kier molecular flexibility index (Phi) is 7.21. The second-order valence-corrected chi connectivity index (χ2v) is 5.99. The van der Waals surface area contributed by atoms with Gasteiger partial charge in [0, 0.05) is 17.4 Å². The summed E-state index contributed by atoms with van der Waals surface area (Å²) in [6, 6.07) is 8.61. The zero-order chi connectivity index (χ0) is 13.4. The van der Waals surface area contributed by atoms with Crippen molar-refractivity contribution in [1.29, 1.82) is 0 Å². The van der Waals surface area contributed by atoms with E-state index in [2.05, 4.69) is 31.3 Å². The molecule has 1 aromatic carbocycles. The monoisotopic (exact) mass is 267 g/mol. The van der Waals surface area contributed by atoms with Gasteiger partial charge in [-0.05, 0) is 31.2 Å². The Hall–Kier alpha value is -0.670. The van der Waals surface area contributed by atoms with Crippen LogP contribution in [0.4, 0.5) is 0 Å². The first-order valence-electron chi connectivity index (χ1n) is 6.57. The van der Waals surface area contributed by atoms with E-state index in [0.29, 0.717) is 6.04 Å². The van der Waals surface area contributed by atoms with Crippen LogP contribution in [0.25, 0.3) is 0 Å². The lowest BCUT2D eigenvalue weighted by atomic mass is 10.1. The fraction of sp³-hybridized carbons (Fsp3) is 0.600. The molecule has 0 fully saturated rings. The van der Waals surface area contributed by atoms with E-state index < -0.39 is 0 Å². The number of nitrogens with one attached hydrogen (secondary N) is 1. The molecule has 0 heterocycles. The molecule has 1 rings (SSSR count). The zero-order valence-corrected chi connectivity index (χ0v) is 12.7. The molecular formula is C15H25NOS. The number of hydrogen-bond acceptors (Lipinski definition) is 3. The third-order valence-corrected chi connectivity index (χ3v) is 4.08. The average molecular weight is 267 g/mol. The molecule has 1 N–H and O–H groups in total. The van der Waals surface area contributed by atoms with E-state index in [1.54, 1.807) is 7.11 Å². The Balaban J connectivity index is 2.54. The lowest BCUT2D eigenvalue weighted by Gasteiger charge is -2.19. The van der Waals surface area contributed by atoms with Crippen LogP contribution < -0.4 is 10.1 Å². The van der Waals surface area contributed by atoms with Crippen LogP contribution in [-0.2, 0) is 0 Å². The normalized spacial score (nSPS) is 12.7. The van der Waals surface area contributed by atoms with Gasteiger partial charge in [0.1, 0.15) is 5.75 Å². The highest BCUT2D eigenvalue weighted by Gasteiger charge is 2.13. The minimum Gasteiger partial charge on any atom is -0.496 e. The Morgan fingerprint density at radius 1 is 1.28 bits per heavy atom. The lowest BCUT2D eigenvalue weighted by molar-refractivity contribution is 0.404. The van der Waals surface area contributed by atoms with Crippen LogP contribution in [0.1, 0.15) is 31.9 Å². The van der Waals surface area contributed by atoms with Crippen molar-refractivity contribution in [3.8, 4) is 5.75 Å². The molecule has 0 saturated heterocycles. The number of methoxy groups -OCH3 is 1. The smallest absolute Gasteiger partial charge is 0.123 e. The third-order valence-electron chi connectivity index (χ3n) is 2.99. The molecule has 102 valence electrons. The second kappa shape index (κ2) is 8.44. The molecule has 2 nitrogen and oxygen atoms in total. The molecule has 0 spiro atoms. The van der Waals surface area contributed by atoms with Gasteiger partial charge in [-0.15, -0.1) is 0 Å². The van der Waals surface area contributed by atoms with Crippen LogP contribution in [0, 0.1) is 5.92 Å². The highest BCUT2D eigenvalue weighted by Crippen LogP contribution is 2.27. The molecule has 0 aromatic heterocycles. The summed E-state index contributed by atoms with van der Waals surface area (Å²) in [5, 5.41) is 3.38. The standard InChI is InChI=1S/C15H25NOS/c1-12(2)9-10-18-11-14(16-3)13-7-5-6-8-15(13)17-4/h5-8,12,14,16H,9-11H2,1-4H3. The van der Waals surface area contributed by atoms with Crippen LogP contribution >= 0.6 is 11.8 Å². The summed E-state index contributed by atoms with van der Waals surface area (Å²) in [6.45, 7) is 4.55. The summed E-state index contributed by atoms with van der Waals surface area (Å²) in [5.74, 6) is 4.08. The van der Waals surface area contributed by atoms with Gasteiger partial charge in [0.05, 0.1) is 7.11 Å². The van der Waals surface area contributed by atoms with Crippen molar-refractivity contribution < 1.29 is 4.74 Å². The highest BCUT2D eigenvalue weighted by atomic mass is 32.2. The average Bonchev–Trinajstić information content (AvgIpc) is 2.38. The van der Waals surface area contributed by atoms with Gasteiger partial charge in [0.25, 0.3) is 0 Å². The summed E-state index contributed by atoms with van der Waals surface area (Å²) in [4.78, 5) is 0. The minimum atomic E-state index is 0.360. The van der Waals surface area contributed by atoms with Crippen LogP contribution in [-0.4, -0.2) is 25.7 Å². The Labute approximate surface area is 116 Å². The van der Waals surface area contributed by atoms with Crippen molar-refractivity contribution in [3.63, 3.8) is 0 Å². The van der Waals surface area contributed by atoms with Gasteiger partial charge in [0.2, 0.25) is 0 Å². The Morgan fingerprint density at radius 3 is 2.61 bits per heavy atom. The van der Waals surface area contributed by atoms with E-state index in [9.17, 15) is 0 Å². The predicted molar refractivity (Wildman–Crippen MR) is 81.6 cm³/mol. The van der Waals surface area contributed by atoms with Crippen LogP contribution in [0.2, 0.25) is 0 Å². The number of ether oxygens (including phenoxy) is 1. The number of para-hydroxylation sites is 1. The molecule has 1 atom stereocenters. The number of thioether (sulfide) groups is 1. The van der Waals surface area contributed by atoms with Gasteiger partial charge in [-0.3, -0.25) is 0 Å². The van der Waals surface area contributed by atoms with Crippen molar-refractivity contribution in [1.82, 2.24) is 5.32 Å². The molecule has 1 aromatic rings. The first-order chi connectivity index (χ1) is 8.69. The summed E-state index contributed by atoms with van der Waals surface area (Å²) < 4.78 is 5.42. The molecule has 0 saturated carbocycles. The molecular weight excluding hydrogens is 242 g/mol. The van der Waals surface area contributed by atoms with E-state index >= 15 is 0 Å². The Morgan fingerprint density at radius 2 is 2.00 bits per heavy atom. The molecule has 0 bridgehead atoms. The van der Waals surface area contributed by atoms with E-state index in [1.165, 1.54) is 17.7 Å². The van der Waals surface area contributed by atoms with Crippen LogP contribution in [0.5, 0.6) is 5.75 Å². The molecule has 0 radical (unpaired) electrons. The van der Waals surface area contributed by atoms with Crippen molar-refractivity contribution >= 4 is 11.8 Å². The molecule has 3 heteroatoms. The van der Waals surface area contributed by atoms with E-state index in [-0.39, 0.29) is 0 Å². The minimum absolute atomic E-state index is 0.360. The van der Waals surface area contributed by atoms with Crippen molar-refractivity contribution in [2.45, 2.75) is 26.3 Å². The van der Waals surface area contributed by atoms with Crippen LogP contribution in [0.15, 0.2) is 24.3 Å². The fourth-order valence-electron chi connectivity index (χ4n) is 1.80. The van der Waals surface area contributed by atoms with Gasteiger partial charge < -0.3 is 10.1 Å². The van der Waals surface area contributed by atoms with E-state index in [1.807, 2.05) is 30.9 Å². The van der Waals surface area contributed by atoms with Gasteiger partial charge in [0.15, 0.2) is 0 Å². The van der Waals surface area contributed by atoms with Gasteiger partial charge >= 0.3 is 0 Å². The number of hydrogen-bond donors (Lipinski definition) is 1. The summed E-state index contributed by atoms with van der Waals surface area (Å²) >= 11 is 2.01. The fourth-order valence-corrected chi connectivity index (χ4v) is 3.19. The summed E-state index contributed by atoms with van der Waals surface area (Å²) in [5.41, 5.74) is 1.25. The summed E-state index contributed by atoms with van der Waals surface area (Å²) in [7, 11) is 3.75. The maximum atomic E-state index is 5.42. The van der Waals surface area contributed by atoms with Crippen molar-refractivity contribution in [3.05, 3.63) is 29.8 Å². The maximum absolute atomic E-state index is 5.42. The third kappa shape index (κ3) is 4.91. The lowest BCUT2D eigenvalue weighted by Crippen LogP contribution is -2.19. The highest BCUT2D eigenvalue weighted by molar-refractivity contribution is 7.99. The maximum Gasteiger partial charge on any atom is 0.123 e. The van der Waals surface area contributed by atoms with Gasteiger partial charge in [-0.2, -0.15) is 11.8 Å². The van der Waals surface area contributed by atoms with E-state index in [0.717, 1.165) is 17.4 Å². The molecule has 0 amide bonds. The molecule has 0 aliphatic carbocycles. The topological polar surface area (TPSA) is 21.3 Å². The second-order valence-electron chi connectivity index (χ2n) is 4.84. The number of rotatable bonds is 8. The van der Waals surface area contributed by atoms with Gasteiger partial charge in [-0.25, -0.2) is 0 Å². The largest absolute Gasteiger partial charge is 0.496 e. The van der Waals surface area contributed by atoms with Crippen molar-refractivity contribution in [2.24, 2.45) is 5.92 Å². The predicted octanol–water partition coefficient (Wildman–Crippen LogP) is 3.74. The quantitative estimate of drug-likeness (QED) is 0.725. The Bertz CT molecular complexity index is 341. The first kappa shape index (κ1) is 15.4. The zero-order valence-electron chi connectivity index (χ0n) is 11.9. The summed E-state index contributed by atoms with van der Waals surface area (Å²) in [6.07, 6.45) is 1.28. The number of benzene rings is 1.